The zero-order chi connectivity index (χ0) is 15.9. The molecule has 0 heterocycles. The average Bonchev–Trinajstić information content (AvgIpc) is 2.52. The second kappa shape index (κ2) is 7.41. The van der Waals surface area contributed by atoms with Crippen LogP contribution in [0.2, 0.25) is 0 Å². The van der Waals surface area contributed by atoms with E-state index in [1.807, 2.05) is 54.6 Å². The molecule has 114 valence electrons. The first-order chi connectivity index (χ1) is 10.6. The predicted octanol–water partition coefficient (Wildman–Crippen LogP) is 3.48. The molecule has 0 bridgehead atoms. The van der Waals surface area contributed by atoms with E-state index in [4.69, 9.17) is 9.47 Å². The van der Waals surface area contributed by atoms with Gasteiger partial charge < -0.3 is 9.47 Å². The second-order valence-electron chi connectivity index (χ2n) is 4.96. The van der Waals surface area contributed by atoms with E-state index in [2.05, 4.69) is 0 Å². The molecule has 4 heteroatoms. The van der Waals surface area contributed by atoms with Gasteiger partial charge in [0, 0.05) is 25.3 Å². The third-order valence-corrected chi connectivity index (χ3v) is 3.15. The molecule has 0 fully saturated rings. The van der Waals surface area contributed by atoms with Gasteiger partial charge in [0.05, 0.1) is 0 Å². The molecular weight excluding hydrogens is 280 g/mol. The summed E-state index contributed by atoms with van der Waals surface area (Å²) in [4.78, 5) is 22.2. The molecule has 1 aromatic carbocycles. The number of allylic oxidation sites excluding steroid dienone is 3. The lowest BCUT2D eigenvalue weighted by Crippen LogP contribution is -2.17. The normalized spacial score (nSPS) is 17.7. The van der Waals surface area contributed by atoms with Gasteiger partial charge in [0.2, 0.25) is 0 Å². The Bertz CT molecular complexity index is 610. The summed E-state index contributed by atoms with van der Waals surface area (Å²) in [6.07, 6.45) is 8.56. The molecule has 1 unspecified atom stereocenters. The van der Waals surface area contributed by atoms with E-state index in [0.29, 0.717) is 0 Å². The number of carbonyl (C=O) groups excluding carboxylic acids is 2. The highest BCUT2D eigenvalue weighted by molar-refractivity contribution is 5.67. The number of esters is 2. The first-order valence-corrected chi connectivity index (χ1v) is 7.02. The number of ether oxygens (including phenoxy) is 2. The van der Waals surface area contributed by atoms with Crippen molar-refractivity contribution in [3.63, 3.8) is 0 Å². The van der Waals surface area contributed by atoms with Crippen LogP contribution < -0.4 is 0 Å². The molecule has 4 nitrogen and oxygen atoms in total. The minimum absolute atomic E-state index is 0.0687. The summed E-state index contributed by atoms with van der Waals surface area (Å²) >= 11 is 0. The standard InChI is InChI=1S/C18H18O4/c1-13(19)21-12-15-8-10-17(11-9-15)18(22-14(2)20)16-6-4-3-5-7-16/h3-12,17-18H,1-2H3. The van der Waals surface area contributed by atoms with Crippen LogP contribution in [0.3, 0.4) is 0 Å². The van der Waals surface area contributed by atoms with Crippen molar-refractivity contribution in [2.45, 2.75) is 20.0 Å². The van der Waals surface area contributed by atoms with Crippen molar-refractivity contribution in [2.24, 2.45) is 5.92 Å². The highest BCUT2D eigenvalue weighted by Crippen LogP contribution is 2.31. The molecule has 0 N–H and O–H groups in total. The first kappa shape index (κ1) is 15.8. The highest BCUT2D eigenvalue weighted by Gasteiger charge is 2.23. The topological polar surface area (TPSA) is 52.6 Å². The van der Waals surface area contributed by atoms with Crippen LogP contribution in [0, 0.1) is 5.92 Å². The van der Waals surface area contributed by atoms with Gasteiger partial charge in [-0.15, -0.1) is 0 Å². The minimum Gasteiger partial charge on any atom is -0.457 e. The smallest absolute Gasteiger partial charge is 0.307 e. The fourth-order valence-electron chi connectivity index (χ4n) is 2.19. The van der Waals surface area contributed by atoms with Gasteiger partial charge in [-0.25, -0.2) is 0 Å². The van der Waals surface area contributed by atoms with Gasteiger partial charge in [-0.3, -0.25) is 9.59 Å². The van der Waals surface area contributed by atoms with Gasteiger partial charge in [-0.05, 0) is 5.56 Å². The Morgan fingerprint density at radius 3 is 2.23 bits per heavy atom. The first-order valence-electron chi connectivity index (χ1n) is 7.02. The quantitative estimate of drug-likeness (QED) is 0.631. The van der Waals surface area contributed by atoms with E-state index in [0.717, 1.165) is 11.1 Å². The Kier molecular flexibility index (Phi) is 5.31. The molecule has 0 amide bonds. The molecule has 1 atom stereocenters. The van der Waals surface area contributed by atoms with E-state index in [-0.39, 0.29) is 24.0 Å². The monoisotopic (exact) mass is 298 g/mol. The average molecular weight is 298 g/mol. The molecule has 2 rings (SSSR count). The Morgan fingerprint density at radius 2 is 1.68 bits per heavy atom. The van der Waals surface area contributed by atoms with Crippen LogP contribution in [0.5, 0.6) is 0 Å². The largest absolute Gasteiger partial charge is 0.457 e. The number of carbonyl (C=O) groups is 2. The van der Waals surface area contributed by atoms with Crippen LogP contribution in [0.4, 0.5) is 0 Å². The van der Waals surface area contributed by atoms with Crippen molar-refractivity contribution in [1.29, 1.82) is 0 Å². The molecule has 1 aromatic rings. The third-order valence-electron chi connectivity index (χ3n) is 3.15. The van der Waals surface area contributed by atoms with Crippen LogP contribution in [0.15, 0.2) is 66.5 Å². The van der Waals surface area contributed by atoms with Crippen molar-refractivity contribution < 1.29 is 19.1 Å². The molecule has 0 radical (unpaired) electrons. The summed E-state index contributed by atoms with van der Waals surface area (Å²) in [5.74, 6) is -0.754. The lowest BCUT2D eigenvalue weighted by Gasteiger charge is -2.24. The van der Waals surface area contributed by atoms with E-state index < -0.39 is 0 Å². The summed E-state index contributed by atoms with van der Waals surface area (Å²) in [6, 6.07) is 9.60. The summed E-state index contributed by atoms with van der Waals surface area (Å²) in [6.45, 7) is 2.75. The van der Waals surface area contributed by atoms with Crippen molar-refractivity contribution in [3.05, 3.63) is 72.0 Å². The molecule has 0 saturated heterocycles. The van der Waals surface area contributed by atoms with Crippen LogP contribution in [0.25, 0.3) is 0 Å². The molecule has 0 aliphatic heterocycles. The lowest BCUT2D eigenvalue weighted by molar-refractivity contribution is -0.148. The van der Waals surface area contributed by atoms with Gasteiger partial charge in [0.25, 0.3) is 0 Å². The number of hydrogen-bond donors (Lipinski definition) is 0. The number of hydrogen-bond acceptors (Lipinski definition) is 4. The summed E-state index contributed by atoms with van der Waals surface area (Å²) < 4.78 is 10.3. The highest BCUT2D eigenvalue weighted by atomic mass is 16.5. The van der Waals surface area contributed by atoms with Crippen molar-refractivity contribution in [1.82, 2.24) is 0 Å². The number of benzene rings is 1. The zero-order valence-corrected chi connectivity index (χ0v) is 12.6. The molecule has 0 spiro atoms. The lowest BCUT2D eigenvalue weighted by atomic mass is 9.91. The van der Waals surface area contributed by atoms with Crippen molar-refractivity contribution >= 4 is 11.9 Å². The van der Waals surface area contributed by atoms with E-state index >= 15 is 0 Å². The maximum Gasteiger partial charge on any atom is 0.307 e. The molecule has 1 aliphatic rings. The van der Waals surface area contributed by atoms with Crippen molar-refractivity contribution in [3.8, 4) is 0 Å². The Balaban J connectivity index is 2.16. The molecule has 0 saturated carbocycles. The predicted molar refractivity (Wildman–Crippen MR) is 82.6 cm³/mol. The van der Waals surface area contributed by atoms with E-state index in [1.165, 1.54) is 20.1 Å². The minimum atomic E-state index is -0.374. The molecule has 0 aromatic heterocycles. The SMILES string of the molecule is CC(=O)OC=C1C=CC(C(OC(C)=O)c2ccccc2)C=C1. The fourth-order valence-corrected chi connectivity index (χ4v) is 2.19. The summed E-state index contributed by atoms with van der Waals surface area (Å²) in [5, 5.41) is 0. The van der Waals surface area contributed by atoms with Gasteiger partial charge in [-0.2, -0.15) is 0 Å². The van der Waals surface area contributed by atoms with Gasteiger partial charge >= 0.3 is 11.9 Å². The molecular formula is C18H18O4. The maximum atomic E-state index is 11.4. The Hall–Kier alpha value is -2.62. The van der Waals surface area contributed by atoms with Gasteiger partial charge in [-0.1, -0.05) is 54.6 Å². The van der Waals surface area contributed by atoms with Gasteiger partial charge in [0.1, 0.15) is 12.4 Å². The Morgan fingerprint density at radius 1 is 1.05 bits per heavy atom. The van der Waals surface area contributed by atoms with Crippen LogP contribution in [-0.2, 0) is 19.1 Å². The summed E-state index contributed by atoms with van der Waals surface area (Å²) in [7, 11) is 0. The van der Waals surface area contributed by atoms with E-state index in [9.17, 15) is 9.59 Å². The van der Waals surface area contributed by atoms with E-state index in [1.54, 1.807) is 0 Å². The Labute approximate surface area is 129 Å². The van der Waals surface area contributed by atoms with Crippen LogP contribution in [0.1, 0.15) is 25.5 Å². The fraction of sp³-hybridized carbons (Fsp3) is 0.222. The number of rotatable bonds is 4. The second-order valence-corrected chi connectivity index (χ2v) is 4.96. The van der Waals surface area contributed by atoms with Crippen LogP contribution >= 0.6 is 0 Å². The van der Waals surface area contributed by atoms with Gasteiger partial charge in [0.15, 0.2) is 0 Å². The molecule has 22 heavy (non-hydrogen) atoms. The zero-order valence-electron chi connectivity index (χ0n) is 12.6. The van der Waals surface area contributed by atoms with Crippen molar-refractivity contribution in [2.75, 3.05) is 0 Å². The summed E-state index contributed by atoms with van der Waals surface area (Å²) in [5.41, 5.74) is 1.71. The molecule has 1 aliphatic carbocycles. The third kappa shape index (κ3) is 4.45. The maximum absolute atomic E-state index is 11.4. The van der Waals surface area contributed by atoms with Crippen LogP contribution in [-0.4, -0.2) is 11.9 Å².